The van der Waals surface area contributed by atoms with Crippen LogP contribution in [-0.2, 0) is 13.0 Å². The fourth-order valence-electron chi connectivity index (χ4n) is 2.41. The first kappa shape index (κ1) is 15.0. The minimum atomic E-state index is -0.398. The number of aryl methyl sites for hydroxylation is 1. The number of hydrogen-bond acceptors (Lipinski definition) is 3. The van der Waals surface area contributed by atoms with E-state index in [1.807, 2.05) is 18.2 Å². The summed E-state index contributed by atoms with van der Waals surface area (Å²) in [6, 6.07) is 8.56. The maximum Gasteiger partial charge on any atom is 0.112 e. The summed E-state index contributed by atoms with van der Waals surface area (Å²) >= 11 is 0. The zero-order valence-corrected chi connectivity index (χ0v) is 12.6. The molecule has 2 aromatic rings. The minimum absolute atomic E-state index is 0.388. The summed E-state index contributed by atoms with van der Waals surface area (Å²) in [4.78, 5) is 4.67. The third-order valence-electron chi connectivity index (χ3n) is 3.36. The number of nitrogens with one attached hydrogen (secondary N) is 1. The molecule has 1 aromatic carbocycles. The van der Waals surface area contributed by atoms with Gasteiger partial charge in [-0.1, -0.05) is 32.9 Å². The first-order valence-electron chi connectivity index (χ1n) is 7.47. The van der Waals surface area contributed by atoms with Gasteiger partial charge in [0.25, 0.3) is 0 Å². The second-order valence-electron chi connectivity index (χ2n) is 5.59. The summed E-state index contributed by atoms with van der Waals surface area (Å²) in [6.45, 7) is 7.88. The fraction of sp³-hybridized carbons (Fsp3) is 0.562. The average Bonchev–Trinajstić information content (AvgIpc) is 2.75. The quantitative estimate of drug-likeness (QED) is 0.815. The molecule has 0 aliphatic rings. The van der Waals surface area contributed by atoms with Crippen molar-refractivity contribution in [1.29, 1.82) is 0 Å². The van der Waals surface area contributed by atoms with Gasteiger partial charge in [-0.15, -0.1) is 0 Å². The van der Waals surface area contributed by atoms with E-state index in [1.165, 1.54) is 0 Å². The van der Waals surface area contributed by atoms with Gasteiger partial charge in [-0.05, 0) is 18.6 Å². The third kappa shape index (κ3) is 3.58. The maximum atomic E-state index is 10.2. The van der Waals surface area contributed by atoms with Crippen LogP contribution < -0.4 is 5.32 Å². The van der Waals surface area contributed by atoms with Crippen LogP contribution in [0.3, 0.4) is 0 Å². The smallest absolute Gasteiger partial charge is 0.112 e. The van der Waals surface area contributed by atoms with E-state index in [9.17, 15) is 5.11 Å². The molecule has 0 bridgehead atoms. The third-order valence-corrected chi connectivity index (χ3v) is 3.36. The first-order chi connectivity index (χ1) is 9.61. The molecule has 0 saturated heterocycles. The van der Waals surface area contributed by atoms with Crippen molar-refractivity contribution in [1.82, 2.24) is 14.9 Å². The topological polar surface area (TPSA) is 50.1 Å². The highest BCUT2D eigenvalue weighted by Crippen LogP contribution is 2.17. The highest BCUT2D eigenvalue weighted by atomic mass is 16.3. The molecule has 1 unspecified atom stereocenters. The van der Waals surface area contributed by atoms with Gasteiger partial charge < -0.3 is 15.0 Å². The highest BCUT2D eigenvalue weighted by Gasteiger charge is 2.14. The Kier molecular flexibility index (Phi) is 5.15. The van der Waals surface area contributed by atoms with E-state index in [4.69, 9.17) is 0 Å². The van der Waals surface area contributed by atoms with Crippen LogP contribution in [-0.4, -0.2) is 33.3 Å². The van der Waals surface area contributed by atoms with E-state index >= 15 is 0 Å². The van der Waals surface area contributed by atoms with Crippen molar-refractivity contribution in [3.8, 4) is 0 Å². The SMILES string of the molecule is CCCn1c(CC(O)CNC(C)C)nc2ccccc21. The summed E-state index contributed by atoms with van der Waals surface area (Å²) in [7, 11) is 0. The molecule has 0 amide bonds. The molecule has 0 saturated carbocycles. The van der Waals surface area contributed by atoms with Crippen LogP contribution in [0.5, 0.6) is 0 Å². The zero-order valence-electron chi connectivity index (χ0n) is 12.6. The molecule has 20 heavy (non-hydrogen) atoms. The van der Waals surface area contributed by atoms with Crippen LogP contribution in [0.2, 0.25) is 0 Å². The van der Waals surface area contributed by atoms with E-state index in [2.05, 4.69) is 41.7 Å². The molecule has 2 N–H and O–H groups in total. The number of nitrogens with zero attached hydrogens (tertiary/aromatic N) is 2. The van der Waals surface area contributed by atoms with E-state index in [-0.39, 0.29) is 0 Å². The van der Waals surface area contributed by atoms with Gasteiger partial charge in [0, 0.05) is 25.6 Å². The normalized spacial score (nSPS) is 13.2. The second kappa shape index (κ2) is 6.86. The van der Waals surface area contributed by atoms with E-state index in [1.54, 1.807) is 0 Å². The standard InChI is InChI=1S/C16H25N3O/c1-4-9-19-15-8-6-5-7-14(15)18-16(19)10-13(20)11-17-12(2)3/h5-8,12-13,17,20H,4,9-11H2,1-3H3. The average molecular weight is 275 g/mol. The molecular formula is C16H25N3O. The number of aromatic nitrogens is 2. The van der Waals surface area contributed by atoms with Gasteiger partial charge in [0.05, 0.1) is 17.1 Å². The van der Waals surface area contributed by atoms with Gasteiger partial charge in [0.1, 0.15) is 5.82 Å². The molecule has 1 aromatic heterocycles. The minimum Gasteiger partial charge on any atom is -0.391 e. The Hall–Kier alpha value is -1.39. The Bertz CT molecular complexity index is 548. The van der Waals surface area contributed by atoms with E-state index < -0.39 is 6.10 Å². The lowest BCUT2D eigenvalue weighted by atomic mass is 10.2. The van der Waals surface area contributed by atoms with Crippen molar-refractivity contribution in [2.24, 2.45) is 0 Å². The highest BCUT2D eigenvalue weighted by molar-refractivity contribution is 5.75. The van der Waals surface area contributed by atoms with Crippen molar-refractivity contribution < 1.29 is 5.11 Å². The molecule has 0 aliphatic heterocycles. The van der Waals surface area contributed by atoms with Crippen LogP contribution in [0.25, 0.3) is 11.0 Å². The molecule has 1 heterocycles. The van der Waals surface area contributed by atoms with Gasteiger partial charge in [0.15, 0.2) is 0 Å². The van der Waals surface area contributed by atoms with Crippen molar-refractivity contribution in [2.75, 3.05) is 6.54 Å². The largest absolute Gasteiger partial charge is 0.391 e. The summed E-state index contributed by atoms with van der Waals surface area (Å²) < 4.78 is 2.23. The predicted octanol–water partition coefficient (Wildman–Crippen LogP) is 2.35. The molecule has 110 valence electrons. The molecule has 1 atom stereocenters. The van der Waals surface area contributed by atoms with Gasteiger partial charge in [-0.25, -0.2) is 4.98 Å². The molecule has 0 radical (unpaired) electrons. The maximum absolute atomic E-state index is 10.2. The molecule has 0 aliphatic carbocycles. The van der Waals surface area contributed by atoms with Gasteiger partial charge in [-0.2, -0.15) is 0 Å². The monoisotopic (exact) mass is 275 g/mol. The Morgan fingerprint density at radius 3 is 2.75 bits per heavy atom. The number of fused-ring (bicyclic) bond motifs is 1. The summed E-state index contributed by atoms with van der Waals surface area (Å²) in [5.41, 5.74) is 2.17. The molecule has 4 nitrogen and oxygen atoms in total. The Morgan fingerprint density at radius 1 is 1.30 bits per heavy atom. The Balaban J connectivity index is 2.17. The van der Waals surface area contributed by atoms with Crippen molar-refractivity contribution >= 4 is 11.0 Å². The summed E-state index contributed by atoms with van der Waals surface area (Å²) in [5, 5.41) is 13.4. The number of aliphatic hydroxyl groups excluding tert-OH is 1. The molecule has 0 spiro atoms. The van der Waals surface area contributed by atoms with Crippen molar-refractivity contribution in [3.63, 3.8) is 0 Å². The number of aliphatic hydroxyl groups is 1. The van der Waals surface area contributed by atoms with Crippen LogP contribution in [0.1, 0.15) is 33.0 Å². The van der Waals surface area contributed by atoms with E-state index in [0.717, 1.165) is 29.8 Å². The first-order valence-corrected chi connectivity index (χ1v) is 7.47. The van der Waals surface area contributed by atoms with Crippen LogP contribution in [0.4, 0.5) is 0 Å². The number of benzene rings is 1. The Labute approximate surface area is 120 Å². The van der Waals surface area contributed by atoms with Gasteiger partial charge >= 0.3 is 0 Å². The molecule has 0 fully saturated rings. The molecule has 2 rings (SSSR count). The molecule has 4 heteroatoms. The van der Waals surface area contributed by atoms with Crippen LogP contribution in [0, 0.1) is 0 Å². The van der Waals surface area contributed by atoms with Crippen LogP contribution in [0.15, 0.2) is 24.3 Å². The number of imidazole rings is 1. The van der Waals surface area contributed by atoms with Gasteiger partial charge in [0.2, 0.25) is 0 Å². The number of rotatable bonds is 7. The lowest BCUT2D eigenvalue weighted by Crippen LogP contribution is -2.33. The summed E-state index contributed by atoms with van der Waals surface area (Å²) in [5.74, 6) is 0.978. The fourth-order valence-corrected chi connectivity index (χ4v) is 2.41. The second-order valence-corrected chi connectivity index (χ2v) is 5.59. The van der Waals surface area contributed by atoms with Crippen molar-refractivity contribution in [3.05, 3.63) is 30.1 Å². The molecular weight excluding hydrogens is 250 g/mol. The summed E-state index contributed by atoms with van der Waals surface area (Å²) in [6.07, 6.45) is 1.26. The van der Waals surface area contributed by atoms with E-state index in [0.29, 0.717) is 19.0 Å². The number of para-hydroxylation sites is 2. The predicted molar refractivity (Wildman–Crippen MR) is 82.9 cm³/mol. The van der Waals surface area contributed by atoms with Gasteiger partial charge in [-0.3, -0.25) is 0 Å². The van der Waals surface area contributed by atoms with Crippen molar-refractivity contribution in [2.45, 2.75) is 52.3 Å². The zero-order chi connectivity index (χ0) is 14.5. The Morgan fingerprint density at radius 2 is 2.05 bits per heavy atom. The van der Waals surface area contributed by atoms with Crippen LogP contribution >= 0.6 is 0 Å². The number of hydrogen-bond donors (Lipinski definition) is 2. The lowest BCUT2D eigenvalue weighted by molar-refractivity contribution is 0.165. The lowest BCUT2D eigenvalue weighted by Gasteiger charge is -2.15.